The van der Waals surface area contributed by atoms with Crippen LogP contribution in [0.15, 0.2) is 4.99 Å². The molecule has 1 saturated carbocycles. The van der Waals surface area contributed by atoms with Gasteiger partial charge in [0.05, 0.1) is 12.7 Å². The van der Waals surface area contributed by atoms with E-state index in [0.717, 1.165) is 38.2 Å². The monoisotopic (exact) mass is 299 g/mol. The third-order valence-corrected chi connectivity index (χ3v) is 3.50. The Morgan fingerprint density at radius 1 is 1.29 bits per heavy atom. The number of guanidine groups is 1. The summed E-state index contributed by atoms with van der Waals surface area (Å²) in [5, 5.41) is 16.1. The lowest BCUT2D eigenvalue weighted by molar-refractivity contribution is -0.143. The number of carbonyl (C=O) groups is 1. The molecule has 0 amide bonds. The first-order valence-electron chi connectivity index (χ1n) is 8.04. The molecule has 1 rings (SSSR count). The van der Waals surface area contributed by atoms with Gasteiger partial charge in [0, 0.05) is 25.6 Å². The predicted octanol–water partition coefficient (Wildman–Crippen LogP) is 1.19. The van der Waals surface area contributed by atoms with Gasteiger partial charge in [-0.1, -0.05) is 0 Å². The molecule has 0 atom stereocenters. The number of aliphatic hydroxyl groups is 1. The smallest absolute Gasteiger partial charge is 0.305 e. The highest BCUT2D eigenvalue weighted by molar-refractivity contribution is 5.80. The standard InChI is InChI=1S/C15H29N3O3/c1-3-16-15(17-11-5-6-14(20)21-4-2)18-12-7-9-13(19)10-8-12/h12-13,19H,3-11H2,1-2H3,(H2,16,17,18). The van der Waals surface area contributed by atoms with Gasteiger partial charge >= 0.3 is 5.97 Å². The number of carbonyl (C=O) groups excluding carboxylic acids is 1. The van der Waals surface area contributed by atoms with Crippen molar-refractivity contribution in [1.29, 1.82) is 0 Å². The van der Waals surface area contributed by atoms with Gasteiger partial charge in [-0.25, -0.2) is 0 Å². The molecule has 0 unspecified atom stereocenters. The van der Waals surface area contributed by atoms with E-state index in [0.29, 0.717) is 32.0 Å². The molecule has 1 fully saturated rings. The summed E-state index contributed by atoms with van der Waals surface area (Å²) in [5.74, 6) is 0.634. The number of hydrogen-bond donors (Lipinski definition) is 3. The minimum Gasteiger partial charge on any atom is -0.466 e. The first kappa shape index (κ1) is 17.8. The predicted molar refractivity (Wildman–Crippen MR) is 83.2 cm³/mol. The van der Waals surface area contributed by atoms with Crippen LogP contribution in [0.3, 0.4) is 0 Å². The van der Waals surface area contributed by atoms with Crippen molar-refractivity contribution in [1.82, 2.24) is 10.6 Å². The maximum atomic E-state index is 11.2. The molecule has 6 heteroatoms. The minimum absolute atomic E-state index is 0.146. The van der Waals surface area contributed by atoms with Crippen LogP contribution in [0.4, 0.5) is 0 Å². The van der Waals surface area contributed by atoms with Gasteiger partial charge in [0.25, 0.3) is 0 Å². The molecular weight excluding hydrogens is 270 g/mol. The van der Waals surface area contributed by atoms with Crippen LogP contribution < -0.4 is 10.6 Å². The molecule has 0 radical (unpaired) electrons. The van der Waals surface area contributed by atoms with E-state index >= 15 is 0 Å². The molecule has 3 N–H and O–H groups in total. The number of esters is 1. The van der Waals surface area contributed by atoms with E-state index in [1.807, 2.05) is 13.8 Å². The van der Waals surface area contributed by atoms with Crippen molar-refractivity contribution < 1.29 is 14.6 Å². The van der Waals surface area contributed by atoms with Crippen molar-refractivity contribution in [3.63, 3.8) is 0 Å². The van der Waals surface area contributed by atoms with E-state index in [-0.39, 0.29) is 12.1 Å². The fraction of sp³-hybridized carbons (Fsp3) is 0.867. The lowest BCUT2D eigenvalue weighted by Crippen LogP contribution is -2.45. The Morgan fingerprint density at radius 3 is 2.62 bits per heavy atom. The number of aliphatic imine (C=N–C) groups is 1. The van der Waals surface area contributed by atoms with E-state index < -0.39 is 0 Å². The molecule has 0 aromatic carbocycles. The summed E-state index contributed by atoms with van der Waals surface area (Å²) < 4.78 is 4.89. The van der Waals surface area contributed by atoms with E-state index in [1.54, 1.807) is 0 Å². The van der Waals surface area contributed by atoms with Crippen molar-refractivity contribution >= 4 is 11.9 Å². The maximum absolute atomic E-state index is 11.2. The second-order valence-corrected chi connectivity index (χ2v) is 5.32. The zero-order valence-corrected chi connectivity index (χ0v) is 13.2. The Hall–Kier alpha value is -1.30. The van der Waals surface area contributed by atoms with Gasteiger partial charge in [-0.3, -0.25) is 9.79 Å². The molecular formula is C15H29N3O3. The average molecular weight is 299 g/mol. The van der Waals surface area contributed by atoms with Crippen molar-refractivity contribution in [3.05, 3.63) is 0 Å². The van der Waals surface area contributed by atoms with Crippen LogP contribution in [0, 0.1) is 0 Å². The molecule has 0 spiro atoms. The quantitative estimate of drug-likeness (QED) is 0.285. The Kier molecular flexibility index (Phi) is 8.82. The van der Waals surface area contributed by atoms with Crippen LogP contribution >= 0.6 is 0 Å². The van der Waals surface area contributed by atoms with Crippen molar-refractivity contribution in [2.24, 2.45) is 4.99 Å². The Bertz CT molecular complexity index is 326. The number of nitrogens with zero attached hydrogens (tertiary/aromatic N) is 1. The number of ether oxygens (including phenoxy) is 1. The Balaban J connectivity index is 2.30. The molecule has 1 aliphatic carbocycles. The third-order valence-electron chi connectivity index (χ3n) is 3.50. The lowest BCUT2D eigenvalue weighted by atomic mass is 9.93. The van der Waals surface area contributed by atoms with E-state index in [1.165, 1.54) is 0 Å². The highest BCUT2D eigenvalue weighted by Gasteiger charge is 2.19. The van der Waals surface area contributed by atoms with Gasteiger partial charge in [0.2, 0.25) is 0 Å². The van der Waals surface area contributed by atoms with Gasteiger partial charge in [0.15, 0.2) is 5.96 Å². The lowest BCUT2D eigenvalue weighted by Gasteiger charge is -2.27. The van der Waals surface area contributed by atoms with Crippen molar-refractivity contribution in [3.8, 4) is 0 Å². The fourth-order valence-electron chi connectivity index (χ4n) is 2.38. The molecule has 0 aromatic rings. The number of hydrogen-bond acceptors (Lipinski definition) is 4. The Morgan fingerprint density at radius 2 is 2.00 bits per heavy atom. The third kappa shape index (κ3) is 7.90. The van der Waals surface area contributed by atoms with Gasteiger partial charge in [-0.2, -0.15) is 0 Å². The summed E-state index contributed by atoms with van der Waals surface area (Å²) in [6.07, 6.45) is 4.58. The van der Waals surface area contributed by atoms with Crippen molar-refractivity contribution in [2.75, 3.05) is 19.7 Å². The first-order chi connectivity index (χ1) is 10.2. The van der Waals surface area contributed by atoms with Crippen LogP contribution in [-0.4, -0.2) is 48.9 Å². The SMILES string of the molecule is CCNC(=NCCCC(=O)OCC)NC1CCC(O)CC1. The molecule has 6 nitrogen and oxygen atoms in total. The van der Waals surface area contributed by atoms with Gasteiger partial charge in [-0.15, -0.1) is 0 Å². The topological polar surface area (TPSA) is 83.0 Å². The molecule has 122 valence electrons. The van der Waals surface area contributed by atoms with Crippen LogP contribution in [0.5, 0.6) is 0 Å². The van der Waals surface area contributed by atoms with Crippen molar-refractivity contribution in [2.45, 2.75) is 64.5 Å². The van der Waals surface area contributed by atoms with Crippen LogP contribution in [0.25, 0.3) is 0 Å². The van der Waals surface area contributed by atoms with E-state index in [2.05, 4.69) is 15.6 Å². The average Bonchev–Trinajstić information content (AvgIpc) is 2.46. The van der Waals surface area contributed by atoms with Crippen LogP contribution in [-0.2, 0) is 9.53 Å². The summed E-state index contributed by atoms with van der Waals surface area (Å²) in [6, 6.07) is 0.372. The normalized spacial score (nSPS) is 22.7. The molecule has 0 aliphatic heterocycles. The molecule has 21 heavy (non-hydrogen) atoms. The molecule has 1 aliphatic rings. The fourth-order valence-corrected chi connectivity index (χ4v) is 2.38. The van der Waals surface area contributed by atoms with E-state index in [4.69, 9.17) is 4.74 Å². The Labute approximate surface area is 127 Å². The summed E-state index contributed by atoms with van der Waals surface area (Å²) in [7, 11) is 0. The van der Waals surface area contributed by atoms with E-state index in [9.17, 15) is 9.90 Å². The molecule has 0 bridgehead atoms. The molecule has 0 aromatic heterocycles. The highest BCUT2D eigenvalue weighted by atomic mass is 16.5. The number of rotatable bonds is 7. The first-order valence-corrected chi connectivity index (χ1v) is 8.04. The summed E-state index contributed by atoms with van der Waals surface area (Å²) in [4.78, 5) is 15.7. The van der Waals surface area contributed by atoms with Gasteiger partial charge in [-0.05, 0) is 46.0 Å². The summed E-state index contributed by atoms with van der Waals surface area (Å²) in [6.45, 7) is 5.67. The number of aliphatic hydroxyl groups excluding tert-OH is 1. The van der Waals surface area contributed by atoms with Gasteiger partial charge < -0.3 is 20.5 Å². The number of nitrogens with one attached hydrogen (secondary N) is 2. The van der Waals surface area contributed by atoms with Gasteiger partial charge in [0.1, 0.15) is 0 Å². The molecule has 0 saturated heterocycles. The highest BCUT2D eigenvalue weighted by Crippen LogP contribution is 2.18. The minimum atomic E-state index is -0.160. The summed E-state index contributed by atoms with van der Waals surface area (Å²) in [5.41, 5.74) is 0. The molecule has 0 heterocycles. The van der Waals surface area contributed by atoms with Crippen LogP contribution in [0.2, 0.25) is 0 Å². The largest absolute Gasteiger partial charge is 0.466 e. The zero-order valence-electron chi connectivity index (χ0n) is 13.2. The zero-order chi connectivity index (χ0) is 15.5. The van der Waals surface area contributed by atoms with Crippen LogP contribution in [0.1, 0.15) is 52.4 Å². The second-order valence-electron chi connectivity index (χ2n) is 5.32. The maximum Gasteiger partial charge on any atom is 0.305 e. The summed E-state index contributed by atoms with van der Waals surface area (Å²) >= 11 is 0. The second kappa shape index (κ2) is 10.4.